The topological polar surface area (TPSA) is 16.1 Å². The van der Waals surface area contributed by atoms with Crippen molar-refractivity contribution in [2.75, 3.05) is 14.1 Å². The summed E-state index contributed by atoms with van der Waals surface area (Å²) in [7, 11) is 9.64. The van der Waals surface area contributed by atoms with E-state index in [4.69, 9.17) is 7.85 Å². The molecule has 56 valence electrons. The van der Waals surface area contributed by atoms with Crippen LogP contribution in [0.2, 0.25) is 0 Å². The molecular formula is C8H11BN2. The molecule has 11 heavy (non-hydrogen) atoms. The molecule has 2 nitrogen and oxygen atoms in total. The first kappa shape index (κ1) is 8.27. The zero-order valence-corrected chi connectivity index (χ0v) is 6.91. The van der Waals surface area contributed by atoms with Gasteiger partial charge in [-0.3, -0.25) is 4.98 Å². The van der Waals surface area contributed by atoms with E-state index in [2.05, 4.69) is 9.88 Å². The van der Waals surface area contributed by atoms with E-state index in [9.17, 15) is 0 Å². The Balaban J connectivity index is 2.78. The quantitative estimate of drug-likeness (QED) is 0.543. The molecular weight excluding hydrogens is 135 g/mol. The Morgan fingerprint density at radius 2 is 2.27 bits per heavy atom. The number of pyridine rings is 1. The number of aromatic nitrogens is 1. The van der Waals surface area contributed by atoms with Crippen LogP contribution in [0.3, 0.4) is 0 Å². The molecule has 1 rings (SSSR count). The number of hydrogen-bond donors (Lipinski definition) is 0. The van der Waals surface area contributed by atoms with Crippen molar-refractivity contribution in [1.29, 1.82) is 0 Å². The number of rotatable bonds is 2. The van der Waals surface area contributed by atoms with Crippen LogP contribution in [-0.4, -0.2) is 31.8 Å². The van der Waals surface area contributed by atoms with Crippen LogP contribution in [0.5, 0.6) is 0 Å². The molecule has 0 saturated carbocycles. The van der Waals surface area contributed by atoms with E-state index in [0.29, 0.717) is 5.59 Å². The van der Waals surface area contributed by atoms with Gasteiger partial charge in [0.05, 0.1) is 0 Å². The Labute approximate surface area is 68.7 Å². The van der Waals surface area contributed by atoms with Crippen molar-refractivity contribution in [1.82, 2.24) is 9.88 Å². The smallest absolute Gasteiger partial charge is 0.142 e. The SMILES string of the molecule is [B]c1ncccc1CN(C)C. The van der Waals surface area contributed by atoms with Crippen LogP contribution in [0, 0.1) is 0 Å². The van der Waals surface area contributed by atoms with Crippen molar-refractivity contribution in [3.63, 3.8) is 0 Å². The summed E-state index contributed by atoms with van der Waals surface area (Å²) in [5, 5.41) is 0. The summed E-state index contributed by atoms with van der Waals surface area (Å²) >= 11 is 0. The molecule has 0 atom stereocenters. The van der Waals surface area contributed by atoms with Gasteiger partial charge in [0.25, 0.3) is 0 Å². The number of nitrogens with zero attached hydrogens (tertiary/aromatic N) is 2. The molecule has 0 spiro atoms. The van der Waals surface area contributed by atoms with Gasteiger partial charge in [-0.05, 0) is 31.3 Å². The monoisotopic (exact) mass is 146 g/mol. The fraction of sp³-hybridized carbons (Fsp3) is 0.375. The Morgan fingerprint density at radius 1 is 1.55 bits per heavy atom. The van der Waals surface area contributed by atoms with Crippen LogP contribution in [-0.2, 0) is 6.54 Å². The van der Waals surface area contributed by atoms with Crippen molar-refractivity contribution < 1.29 is 0 Å². The van der Waals surface area contributed by atoms with E-state index in [0.717, 1.165) is 12.1 Å². The normalized spacial score (nSPS) is 10.5. The molecule has 0 saturated heterocycles. The lowest BCUT2D eigenvalue weighted by Gasteiger charge is -2.10. The van der Waals surface area contributed by atoms with Crippen LogP contribution in [0.25, 0.3) is 0 Å². The molecule has 0 N–H and O–H groups in total. The molecule has 0 aliphatic heterocycles. The molecule has 0 aromatic carbocycles. The molecule has 0 unspecified atom stereocenters. The highest BCUT2D eigenvalue weighted by atomic mass is 15.0. The zero-order valence-electron chi connectivity index (χ0n) is 6.91. The van der Waals surface area contributed by atoms with Crippen molar-refractivity contribution >= 4 is 13.4 Å². The van der Waals surface area contributed by atoms with Crippen molar-refractivity contribution in [3.05, 3.63) is 23.9 Å². The minimum Gasteiger partial charge on any atom is -0.305 e. The minimum atomic E-state index is 0.626. The summed E-state index contributed by atoms with van der Waals surface area (Å²) in [6, 6.07) is 3.89. The first-order valence-electron chi connectivity index (χ1n) is 3.54. The highest BCUT2D eigenvalue weighted by Gasteiger charge is 1.97. The van der Waals surface area contributed by atoms with Crippen molar-refractivity contribution in [2.45, 2.75) is 6.54 Å². The van der Waals surface area contributed by atoms with Crippen LogP contribution in [0.1, 0.15) is 5.56 Å². The largest absolute Gasteiger partial charge is 0.305 e. The predicted molar refractivity (Wildman–Crippen MR) is 47.0 cm³/mol. The van der Waals surface area contributed by atoms with Gasteiger partial charge in [0.1, 0.15) is 7.85 Å². The molecule has 0 bridgehead atoms. The Morgan fingerprint density at radius 3 is 2.82 bits per heavy atom. The lowest BCUT2D eigenvalue weighted by molar-refractivity contribution is 0.403. The van der Waals surface area contributed by atoms with Gasteiger partial charge in [0.15, 0.2) is 0 Å². The second-order valence-electron chi connectivity index (χ2n) is 2.79. The summed E-state index contributed by atoms with van der Waals surface area (Å²) < 4.78 is 0. The molecule has 1 aromatic heterocycles. The van der Waals surface area contributed by atoms with Crippen molar-refractivity contribution in [3.8, 4) is 0 Å². The maximum Gasteiger partial charge on any atom is 0.142 e. The summed E-state index contributed by atoms with van der Waals surface area (Å²) in [6.45, 7) is 0.847. The molecule has 0 aliphatic rings. The molecule has 0 aliphatic carbocycles. The van der Waals surface area contributed by atoms with Crippen LogP contribution in [0.4, 0.5) is 0 Å². The standard InChI is InChI=1S/C8H11BN2/c1-11(2)6-7-4-3-5-10-8(7)9/h3-5H,6H2,1-2H3. The average molecular weight is 146 g/mol. The second kappa shape index (κ2) is 3.53. The van der Waals surface area contributed by atoms with Gasteiger partial charge in [-0.2, -0.15) is 0 Å². The van der Waals surface area contributed by atoms with Gasteiger partial charge in [-0.15, -0.1) is 0 Å². The van der Waals surface area contributed by atoms with Gasteiger partial charge in [0.2, 0.25) is 0 Å². The van der Waals surface area contributed by atoms with Gasteiger partial charge in [-0.25, -0.2) is 0 Å². The van der Waals surface area contributed by atoms with Gasteiger partial charge >= 0.3 is 0 Å². The third-order valence-electron chi connectivity index (χ3n) is 1.41. The van der Waals surface area contributed by atoms with Crippen LogP contribution < -0.4 is 5.59 Å². The first-order valence-corrected chi connectivity index (χ1v) is 3.54. The van der Waals surface area contributed by atoms with Crippen LogP contribution >= 0.6 is 0 Å². The molecule has 2 radical (unpaired) electrons. The van der Waals surface area contributed by atoms with Gasteiger partial charge < -0.3 is 4.90 Å². The lowest BCUT2D eigenvalue weighted by Crippen LogP contribution is -2.20. The van der Waals surface area contributed by atoms with E-state index in [1.807, 2.05) is 26.2 Å². The summed E-state index contributed by atoms with van der Waals surface area (Å²) in [4.78, 5) is 6.05. The second-order valence-corrected chi connectivity index (χ2v) is 2.79. The lowest BCUT2D eigenvalue weighted by atomic mass is 9.97. The summed E-state index contributed by atoms with van der Waals surface area (Å²) in [5.74, 6) is 0. The highest BCUT2D eigenvalue weighted by molar-refractivity contribution is 6.31. The van der Waals surface area contributed by atoms with Crippen molar-refractivity contribution in [2.24, 2.45) is 0 Å². The van der Waals surface area contributed by atoms with E-state index in [-0.39, 0.29) is 0 Å². The maximum absolute atomic E-state index is 5.63. The van der Waals surface area contributed by atoms with Crippen LogP contribution in [0.15, 0.2) is 18.3 Å². The molecule has 0 fully saturated rings. The molecule has 1 heterocycles. The van der Waals surface area contributed by atoms with Gasteiger partial charge in [0, 0.05) is 12.7 Å². The Kier molecular flexibility index (Phi) is 2.66. The van der Waals surface area contributed by atoms with E-state index in [1.54, 1.807) is 6.20 Å². The Hall–Kier alpha value is -0.825. The third kappa shape index (κ3) is 2.35. The molecule has 0 amide bonds. The fourth-order valence-electron chi connectivity index (χ4n) is 0.925. The minimum absolute atomic E-state index is 0.626. The fourth-order valence-corrected chi connectivity index (χ4v) is 0.925. The third-order valence-corrected chi connectivity index (χ3v) is 1.41. The zero-order chi connectivity index (χ0) is 8.27. The van der Waals surface area contributed by atoms with E-state index >= 15 is 0 Å². The van der Waals surface area contributed by atoms with Gasteiger partial charge in [-0.1, -0.05) is 6.07 Å². The maximum atomic E-state index is 5.63. The number of hydrogen-bond acceptors (Lipinski definition) is 2. The highest BCUT2D eigenvalue weighted by Crippen LogP contribution is 1.94. The molecule has 3 heteroatoms. The Bertz CT molecular complexity index is 235. The van der Waals surface area contributed by atoms with E-state index in [1.165, 1.54) is 0 Å². The predicted octanol–water partition coefficient (Wildman–Crippen LogP) is -0.0630. The molecule has 1 aromatic rings. The summed E-state index contributed by atoms with van der Waals surface area (Å²) in [6.07, 6.45) is 1.70. The first-order chi connectivity index (χ1) is 5.20. The van der Waals surface area contributed by atoms with E-state index < -0.39 is 0 Å². The average Bonchev–Trinajstić information content (AvgIpc) is 1.93. The summed E-state index contributed by atoms with van der Waals surface area (Å²) in [5.41, 5.74) is 1.71.